The van der Waals surface area contributed by atoms with Gasteiger partial charge >= 0.3 is 0 Å². The van der Waals surface area contributed by atoms with Crippen molar-refractivity contribution in [2.45, 2.75) is 254 Å². The quantitative estimate of drug-likeness (QED) is 0.0397. The Morgan fingerprint density at radius 1 is 0.552 bits per heavy atom. The van der Waals surface area contributed by atoms with Gasteiger partial charge in [-0.15, -0.1) is 0 Å². The molecule has 0 spiro atoms. The number of hydrogen-bond donors (Lipinski definition) is 9. The van der Waals surface area contributed by atoms with Gasteiger partial charge < -0.3 is 65.1 Å². The van der Waals surface area contributed by atoms with Crippen LogP contribution in [-0.2, 0) is 23.7 Å². The van der Waals surface area contributed by atoms with E-state index in [1.165, 1.54) is 103 Å². The monoisotopic (exact) mass is 836 g/mol. The van der Waals surface area contributed by atoms with Crippen LogP contribution in [0.2, 0.25) is 0 Å². The Bertz CT molecular complexity index is 993. The van der Waals surface area contributed by atoms with Gasteiger partial charge in [-0.2, -0.15) is 0 Å². The second-order valence-corrected chi connectivity index (χ2v) is 16.9. The van der Waals surface area contributed by atoms with E-state index in [0.29, 0.717) is 12.8 Å². The van der Waals surface area contributed by atoms with Gasteiger partial charge in [0.25, 0.3) is 0 Å². The summed E-state index contributed by atoms with van der Waals surface area (Å²) in [4.78, 5) is 13.0. The SMILES string of the molecule is CCCCCCCCCCCCCCCCCCC(O)C(COC1OC(CO)C(OC2OC(CO)C(O)C(O)C2O)C(O)C1O)NC(=O)CCCCCCCCCC. The number of amides is 1. The molecule has 0 aliphatic carbocycles. The number of aliphatic hydroxyl groups is 8. The molecule has 14 heteroatoms. The number of hydrogen-bond acceptors (Lipinski definition) is 13. The first-order valence-electron chi connectivity index (χ1n) is 23.3. The van der Waals surface area contributed by atoms with Crippen LogP contribution in [-0.4, -0.2) is 140 Å². The van der Waals surface area contributed by atoms with E-state index < -0.39 is 86.8 Å². The lowest BCUT2D eigenvalue weighted by Crippen LogP contribution is -2.65. The summed E-state index contributed by atoms with van der Waals surface area (Å²) in [5, 5.41) is 86.5. The minimum Gasteiger partial charge on any atom is -0.394 e. The molecule has 344 valence electrons. The zero-order valence-electron chi connectivity index (χ0n) is 36.1. The summed E-state index contributed by atoms with van der Waals surface area (Å²) in [6.45, 7) is 2.80. The molecule has 0 bridgehead atoms. The van der Waals surface area contributed by atoms with Crippen LogP contribution in [0.15, 0.2) is 0 Å². The first-order valence-corrected chi connectivity index (χ1v) is 23.3. The van der Waals surface area contributed by atoms with E-state index in [2.05, 4.69) is 19.2 Å². The minimum atomic E-state index is -1.78. The van der Waals surface area contributed by atoms with Crippen LogP contribution in [0.5, 0.6) is 0 Å². The Hall–Kier alpha value is -1.01. The third kappa shape index (κ3) is 20.7. The van der Waals surface area contributed by atoms with E-state index in [-0.39, 0.29) is 12.5 Å². The molecule has 12 atom stereocenters. The molecule has 0 saturated carbocycles. The molecular weight excluding hydrogens is 750 g/mol. The van der Waals surface area contributed by atoms with Crippen molar-refractivity contribution in [3.63, 3.8) is 0 Å². The van der Waals surface area contributed by atoms with Crippen LogP contribution < -0.4 is 5.32 Å². The average molecular weight is 836 g/mol. The average Bonchev–Trinajstić information content (AvgIpc) is 3.22. The maximum Gasteiger partial charge on any atom is 0.220 e. The van der Waals surface area contributed by atoms with E-state index >= 15 is 0 Å². The van der Waals surface area contributed by atoms with Gasteiger partial charge in [0.05, 0.1) is 32.0 Å². The summed E-state index contributed by atoms with van der Waals surface area (Å²) in [6, 6.07) is -0.818. The van der Waals surface area contributed by atoms with Crippen molar-refractivity contribution in [3.8, 4) is 0 Å². The zero-order valence-corrected chi connectivity index (χ0v) is 36.1. The lowest BCUT2D eigenvalue weighted by molar-refractivity contribution is -0.359. The van der Waals surface area contributed by atoms with Crippen molar-refractivity contribution >= 4 is 5.91 Å². The molecule has 0 radical (unpaired) electrons. The number of rotatable bonds is 35. The standard InChI is InChI=1S/C44H85NO13/c1-3-5-7-9-11-13-14-15-16-17-18-19-20-21-23-25-27-33(48)32(45-36(49)28-26-24-22-12-10-8-6-4-2)31-55-43-41(54)39(52)42(35(30-47)57-43)58-44-40(53)38(51)37(50)34(29-46)56-44/h32-35,37-44,46-48,50-54H,3-31H2,1-2H3,(H,45,49). The molecule has 0 aromatic heterocycles. The molecule has 1 amide bonds. The molecule has 14 nitrogen and oxygen atoms in total. The number of aliphatic hydroxyl groups excluding tert-OH is 8. The smallest absolute Gasteiger partial charge is 0.220 e. The lowest BCUT2D eigenvalue weighted by atomic mass is 9.97. The second-order valence-electron chi connectivity index (χ2n) is 16.9. The van der Waals surface area contributed by atoms with Gasteiger partial charge in [0.15, 0.2) is 12.6 Å². The molecule has 2 saturated heterocycles. The van der Waals surface area contributed by atoms with Gasteiger partial charge in [-0.05, 0) is 12.8 Å². The molecule has 0 aromatic carbocycles. The van der Waals surface area contributed by atoms with Gasteiger partial charge in [0, 0.05) is 6.42 Å². The van der Waals surface area contributed by atoms with E-state index in [1.54, 1.807) is 0 Å². The van der Waals surface area contributed by atoms with Crippen molar-refractivity contribution < 1.29 is 64.6 Å². The Labute approximate surface area is 349 Å². The Morgan fingerprint density at radius 2 is 0.983 bits per heavy atom. The number of carbonyl (C=O) groups excluding carboxylic acids is 1. The van der Waals surface area contributed by atoms with Crippen LogP contribution >= 0.6 is 0 Å². The molecule has 58 heavy (non-hydrogen) atoms. The molecule has 2 fully saturated rings. The summed E-state index contributed by atoms with van der Waals surface area (Å²) < 4.78 is 22.7. The summed E-state index contributed by atoms with van der Waals surface area (Å²) >= 11 is 0. The molecule has 12 unspecified atom stereocenters. The van der Waals surface area contributed by atoms with Crippen LogP contribution in [0, 0.1) is 0 Å². The molecule has 2 aliphatic rings. The third-order valence-corrected chi connectivity index (χ3v) is 11.8. The van der Waals surface area contributed by atoms with Gasteiger partial charge in [-0.1, -0.05) is 162 Å². The molecule has 0 aromatic rings. The van der Waals surface area contributed by atoms with E-state index in [0.717, 1.165) is 51.4 Å². The minimum absolute atomic E-state index is 0.211. The zero-order chi connectivity index (χ0) is 42.5. The van der Waals surface area contributed by atoms with Crippen molar-refractivity contribution in [2.75, 3.05) is 19.8 Å². The van der Waals surface area contributed by atoms with Gasteiger partial charge in [-0.3, -0.25) is 4.79 Å². The fourth-order valence-corrected chi connectivity index (χ4v) is 7.94. The highest BCUT2D eigenvalue weighted by Crippen LogP contribution is 2.30. The fraction of sp³-hybridized carbons (Fsp3) is 0.977. The molecule has 2 heterocycles. The fourth-order valence-electron chi connectivity index (χ4n) is 7.94. The maximum absolute atomic E-state index is 13.0. The summed E-state index contributed by atoms with van der Waals surface area (Å²) in [5.41, 5.74) is 0. The van der Waals surface area contributed by atoms with Crippen molar-refractivity contribution in [3.05, 3.63) is 0 Å². The first kappa shape index (κ1) is 53.1. The number of carbonyl (C=O) groups is 1. The van der Waals surface area contributed by atoms with Crippen LogP contribution in [0.4, 0.5) is 0 Å². The molecular formula is C44H85NO13. The summed E-state index contributed by atoms with van der Waals surface area (Å²) in [7, 11) is 0. The van der Waals surface area contributed by atoms with Crippen LogP contribution in [0.25, 0.3) is 0 Å². The Morgan fingerprint density at radius 3 is 1.47 bits per heavy atom. The van der Waals surface area contributed by atoms with Crippen molar-refractivity contribution in [1.82, 2.24) is 5.32 Å². The van der Waals surface area contributed by atoms with Gasteiger partial charge in [0.1, 0.15) is 48.8 Å². The first-order chi connectivity index (χ1) is 28.1. The van der Waals surface area contributed by atoms with Crippen molar-refractivity contribution in [2.24, 2.45) is 0 Å². The highest BCUT2D eigenvalue weighted by Gasteiger charge is 2.51. The normalized spacial score (nSPS) is 28.7. The number of ether oxygens (including phenoxy) is 4. The Balaban J connectivity index is 1.85. The summed E-state index contributed by atoms with van der Waals surface area (Å²) in [6.07, 6.45) is 12.7. The van der Waals surface area contributed by atoms with Crippen molar-refractivity contribution in [1.29, 1.82) is 0 Å². The predicted octanol–water partition coefficient (Wildman–Crippen LogP) is 4.66. The van der Waals surface area contributed by atoms with Gasteiger partial charge in [-0.25, -0.2) is 0 Å². The van der Waals surface area contributed by atoms with Gasteiger partial charge in [0.2, 0.25) is 5.91 Å². The number of unbranched alkanes of at least 4 members (excludes halogenated alkanes) is 22. The molecule has 9 N–H and O–H groups in total. The highest BCUT2D eigenvalue weighted by atomic mass is 16.7. The van der Waals surface area contributed by atoms with E-state index in [4.69, 9.17) is 18.9 Å². The van der Waals surface area contributed by atoms with E-state index in [1.807, 2.05) is 0 Å². The highest BCUT2D eigenvalue weighted by molar-refractivity contribution is 5.76. The number of nitrogens with one attached hydrogen (secondary N) is 1. The summed E-state index contributed by atoms with van der Waals surface area (Å²) in [5.74, 6) is -0.211. The molecule has 2 rings (SSSR count). The van der Waals surface area contributed by atoms with Crippen LogP contribution in [0.1, 0.15) is 181 Å². The lowest BCUT2D eigenvalue weighted by Gasteiger charge is -2.46. The largest absolute Gasteiger partial charge is 0.394 e. The van der Waals surface area contributed by atoms with E-state index in [9.17, 15) is 45.6 Å². The molecule has 2 aliphatic heterocycles. The Kier molecular flexibility index (Phi) is 29.9. The predicted molar refractivity (Wildman–Crippen MR) is 222 cm³/mol. The topological polar surface area (TPSA) is 228 Å². The van der Waals surface area contributed by atoms with Crippen LogP contribution in [0.3, 0.4) is 0 Å². The third-order valence-electron chi connectivity index (χ3n) is 11.8. The maximum atomic E-state index is 13.0. The second kappa shape index (κ2) is 32.7.